The quantitative estimate of drug-likeness (QED) is 0.571. The van der Waals surface area contributed by atoms with Crippen LogP contribution < -0.4 is 5.32 Å². The predicted molar refractivity (Wildman–Crippen MR) is 102 cm³/mol. The lowest BCUT2D eigenvalue weighted by molar-refractivity contribution is 0.000995. The zero-order valence-corrected chi connectivity index (χ0v) is 16.0. The van der Waals surface area contributed by atoms with Gasteiger partial charge in [0.1, 0.15) is 0 Å². The van der Waals surface area contributed by atoms with Gasteiger partial charge >= 0.3 is 0 Å². The Morgan fingerprint density at radius 3 is 2.48 bits per heavy atom. The summed E-state index contributed by atoms with van der Waals surface area (Å²) in [5, 5.41) is 13.4. The number of hydrogen-bond acceptors (Lipinski definition) is 3. The number of likely N-dealkylation sites (tertiary alicyclic amines) is 1. The molecule has 25 heavy (non-hydrogen) atoms. The Morgan fingerprint density at radius 1 is 1.08 bits per heavy atom. The molecule has 1 saturated heterocycles. The van der Waals surface area contributed by atoms with Crippen molar-refractivity contribution < 1.29 is 9.84 Å². The van der Waals surface area contributed by atoms with Gasteiger partial charge in [-0.15, -0.1) is 0 Å². The summed E-state index contributed by atoms with van der Waals surface area (Å²) in [4.78, 5) is 7.21. The second-order valence-electron chi connectivity index (χ2n) is 8.12. The molecule has 2 N–H and O–H groups in total. The molecule has 0 spiro atoms. The van der Waals surface area contributed by atoms with Crippen molar-refractivity contribution in [2.75, 3.05) is 32.8 Å². The molecule has 2 aliphatic carbocycles. The van der Waals surface area contributed by atoms with Crippen molar-refractivity contribution in [3.63, 3.8) is 0 Å². The number of aliphatic hydroxyl groups excluding tert-OH is 1. The number of aliphatic imine (C=N–C) groups is 1. The van der Waals surface area contributed by atoms with Gasteiger partial charge in [0, 0.05) is 38.7 Å². The highest BCUT2D eigenvalue weighted by Crippen LogP contribution is 2.27. The molecule has 3 fully saturated rings. The van der Waals surface area contributed by atoms with Crippen LogP contribution in [0, 0.1) is 11.8 Å². The second-order valence-corrected chi connectivity index (χ2v) is 8.12. The summed E-state index contributed by atoms with van der Waals surface area (Å²) in [5.41, 5.74) is 0. The minimum Gasteiger partial charge on any atom is -0.393 e. The van der Waals surface area contributed by atoms with Crippen LogP contribution in [0.5, 0.6) is 0 Å². The molecule has 0 aromatic heterocycles. The molecule has 144 valence electrons. The van der Waals surface area contributed by atoms with Crippen LogP contribution in [0.2, 0.25) is 0 Å². The van der Waals surface area contributed by atoms with Crippen molar-refractivity contribution in [2.45, 2.75) is 76.9 Å². The largest absolute Gasteiger partial charge is 0.393 e. The van der Waals surface area contributed by atoms with Crippen molar-refractivity contribution in [1.29, 1.82) is 0 Å². The van der Waals surface area contributed by atoms with E-state index in [9.17, 15) is 5.11 Å². The van der Waals surface area contributed by atoms with Crippen LogP contribution >= 0.6 is 0 Å². The van der Waals surface area contributed by atoms with Crippen LogP contribution in [0.4, 0.5) is 0 Å². The zero-order chi connectivity index (χ0) is 17.5. The van der Waals surface area contributed by atoms with E-state index in [2.05, 4.69) is 17.1 Å². The first-order chi connectivity index (χ1) is 12.3. The van der Waals surface area contributed by atoms with Gasteiger partial charge in [-0.05, 0) is 51.4 Å². The summed E-state index contributed by atoms with van der Waals surface area (Å²) in [6, 6.07) is 0. The Bertz CT molecular complexity index is 415. The smallest absolute Gasteiger partial charge is 0.193 e. The van der Waals surface area contributed by atoms with Gasteiger partial charge in [0.25, 0.3) is 0 Å². The highest BCUT2D eigenvalue weighted by molar-refractivity contribution is 5.80. The lowest BCUT2D eigenvalue weighted by atomic mass is 10.1. The Morgan fingerprint density at radius 2 is 1.84 bits per heavy atom. The molecule has 0 bridgehead atoms. The van der Waals surface area contributed by atoms with Gasteiger partial charge in [0.05, 0.1) is 12.2 Å². The summed E-state index contributed by atoms with van der Waals surface area (Å²) in [5.74, 6) is 2.19. The normalized spacial score (nSPS) is 29.5. The molecule has 0 radical (unpaired) electrons. The third-order valence-corrected chi connectivity index (χ3v) is 6.21. The van der Waals surface area contributed by atoms with Crippen LogP contribution in [-0.4, -0.2) is 61.0 Å². The molecular formula is C20H37N3O2. The topological polar surface area (TPSA) is 57.1 Å². The average Bonchev–Trinajstić information content (AvgIpc) is 3.29. The van der Waals surface area contributed by atoms with Gasteiger partial charge in [-0.3, -0.25) is 4.99 Å². The van der Waals surface area contributed by atoms with Crippen LogP contribution in [0.25, 0.3) is 0 Å². The molecule has 2 atom stereocenters. The van der Waals surface area contributed by atoms with E-state index in [0.717, 1.165) is 76.8 Å². The highest BCUT2D eigenvalue weighted by atomic mass is 16.5. The third kappa shape index (κ3) is 5.58. The molecule has 5 nitrogen and oxygen atoms in total. The number of nitrogens with zero attached hydrogens (tertiary/aromatic N) is 2. The fraction of sp³-hybridized carbons (Fsp3) is 0.950. The number of ether oxygens (including phenoxy) is 1. The van der Waals surface area contributed by atoms with E-state index in [1.807, 2.05) is 0 Å². The SMILES string of the molecule is CCNC(=NCC1CCCC1O)N1CCC(OCC2CCCC2)CC1. The van der Waals surface area contributed by atoms with E-state index in [1.165, 1.54) is 25.7 Å². The zero-order valence-electron chi connectivity index (χ0n) is 16.0. The summed E-state index contributed by atoms with van der Waals surface area (Å²) >= 11 is 0. The van der Waals surface area contributed by atoms with Gasteiger partial charge in [-0.2, -0.15) is 0 Å². The fourth-order valence-electron chi connectivity index (χ4n) is 4.54. The van der Waals surface area contributed by atoms with Crippen LogP contribution in [0.15, 0.2) is 4.99 Å². The minimum absolute atomic E-state index is 0.152. The number of guanidine groups is 1. The maximum atomic E-state index is 10.0. The van der Waals surface area contributed by atoms with E-state index in [4.69, 9.17) is 9.73 Å². The Balaban J connectivity index is 1.43. The molecule has 2 saturated carbocycles. The van der Waals surface area contributed by atoms with E-state index in [0.29, 0.717) is 12.0 Å². The van der Waals surface area contributed by atoms with E-state index in [-0.39, 0.29) is 6.10 Å². The van der Waals surface area contributed by atoms with Gasteiger partial charge in [-0.1, -0.05) is 19.3 Å². The fourth-order valence-corrected chi connectivity index (χ4v) is 4.54. The van der Waals surface area contributed by atoms with E-state index < -0.39 is 0 Å². The summed E-state index contributed by atoms with van der Waals surface area (Å²) in [7, 11) is 0. The molecule has 0 aromatic carbocycles. The molecule has 1 aliphatic heterocycles. The monoisotopic (exact) mass is 351 g/mol. The first-order valence-corrected chi connectivity index (χ1v) is 10.6. The van der Waals surface area contributed by atoms with Crippen molar-refractivity contribution >= 4 is 5.96 Å². The summed E-state index contributed by atoms with van der Waals surface area (Å²) in [6.07, 6.45) is 11.2. The van der Waals surface area contributed by atoms with Crippen LogP contribution in [0.3, 0.4) is 0 Å². The maximum absolute atomic E-state index is 10.0. The van der Waals surface area contributed by atoms with E-state index >= 15 is 0 Å². The number of nitrogens with one attached hydrogen (secondary N) is 1. The van der Waals surface area contributed by atoms with Gasteiger partial charge in [0.2, 0.25) is 0 Å². The second kappa shape index (κ2) is 9.77. The number of rotatable bonds is 6. The average molecular weight is 352 g/mol. The number of aliphatic hydroxyl groups is 1. The lowest BCUT2D eigenvalue weighted by Gasteiger charge is -2.34. The number of piperidine rings is 1. The summed E-state index contributed by atoms with van der Waals surface area (Å²) in [6.45, 7) is 6.78. The predicted octanol–water partition coefficient (Wildman–Crippen LogP) is 2.78. The minimum atomic E-state index is -0.152. The Hall–Kier alpha value is -0.810. The van der Waals surface area contributed by atoms with Gasteiger partial charge in [0.15, 0.2) is 5.96 Å². The molecule has 3 rings (SSSR count). The van der Waals surface area contributed by atoms with E-state index in [1.54, 1.807) is 0 Å². The first kappa shape index (κ1) is 19.0. The van der Waals surface area contributed by atoms with Crippen molar-refractivity contribution in [3.8, 4) is 0 Å². The van der Waals surface area contributed by atoms with Gasteiger partial charge in [-0.25, -0.2) is 0 Å². The standard InChI is InChI=1S/C20H37N3O2/c1-2-21-20(22-14-17-8-5-9-19(17)24)23-12-10-18(11-13-23)25-15-16-6-3-4-7-16/h16-19,24H,2-15H2,1H3,(H,21,22). The molecular weight excluding hydrogens is 314 g/mol. The molecule has 0 amide bonds. The highest BCUT2D eigenvalue weighted by Gasteiger charge is 2.27. The molecule has 2 unspecified atom stereocenters. The van der Waals surface area contributed by atoms with Crippen molar-refractivity contribution in [1.82, 2.24) is 10.2 Å². The molecule has 5 heteroatoms. The molecule has 1 heterocycles. The summed E-state index contributed by atoms with van der Waals surface area (Å²) < 4.78 is 6.19. The molecule has 3 aliphatic rings. The Labute approximate surface area is 153 Å². The van der Waals surface area contributed by atoms with Gasteiger partial charge < -0.3 is 20.1 Å². The van der Waals surface area contributed by atoms with Crippen LogP contribution in [0.1, 0.15) is 64.7 Å². The maximum Gasteiger partial charge on any atom is 0.193 e. The Kier molecular flexibility index (Phi) is 7.41. The first-order valence-electron chi connectivity index (χ1n) is 10.6. The van der Waals surface area contributed by atoms with Crippen LogP contribution in [-0.2, 0) is 4.74 Å². The number of hydrogen-bond donors (Lipinski definition) is 2. The third-order valence-electron chi connectivity index (χ3n) is 6.21. The van der Waals surface area contributed by atoms with Crippen molar-refractivity contribution in [2.24, 2.45) is 16.8 Å². The van der Waals surface area contributed by atoms with Crippen molar-refractivity contribution in [3.05, 3.63) is 0 Å². The molecule has 0 aromatic rings. The lowest BCUT2D eigenvalue weighted by Crippen LogP contribution is -2.47.